The maximum absolute atomic E-state index is 10.3. The van der Waals surface area contributed by atoms with Crippen molar-refractivity contribution in [2.45, 2.75) is 38.3 Å². The van der Waals surface area contributed by atoms with E-state index in [1.165, 1.54) is 0 Å². The SMILES string of the molecule is CC[C@@H]1C[C@H](NC(=O)O)CCN1. The van der Waals surface area contributed by atoms with Crippen LogP contribution in [0, 0.1) is 0 Å². The molecule has 1 aliphatic heterocycles. The van der Waals surface area contributed by atoms with Crippen molar-refractivity contribution in [3.05, 3.63) is 0 Å². The Morgan fingerprint density at radius 3 is 3.08 bits per heavy atom. The molecule has 0 aliphatic carbocycles. The van der Waals surface area contributed by atoms with Gasteiger partial charge in [-0.25, -0.2) is 4.79 Å². The number of piperidine rings is 1. The summed E-state index contributed by atoms with van der Waals surface area (Å²) in [6.07, 6.45) is 1.99. The highest BCUT2D eigenvalue weighted by molar-refractivity contribution is 5.64. The molecule has 2 atom stereocenters. The summed E-state index contributed by atoms with van der Waals surface area (Å²) in [5.74, 6) is 0. The molecule has 4 heteroatoms. The molecule has 0 aromatic rings. The summed E-state index contributed by atoms with van der Waals surface area (Å²) >= 11 is 0. The summed E-state index contributed by atoms with van der Waals surface area (Å²) < 4.78 is 0. The minimum Gasteiger partial charge on any atom is -0.465 e. The maximum Gasteiger partial charge on any atom is 0.404 e. The Morgan fingerprint density at radius 2 is 2.50 bits per heavy atom. The van der Waals surface area contributed by atoms with Crippen molar-refractivity contribution >= 4 is 6.09 Å². The number of carboxylic acid groups (broad SMARTS) is 1. The second kappa shape index (κ2) is 4.30. The first-order chi connectivity index (χ1) is 5.72. The molecule has 0 bridgehead atoms. The Hall–Kier alpha value is -0.770. The third kappa shape index (κ3) is 2.70. The van der Waals surface area contributed by atoms with E-state index in [0.29, 0.717) is 6.04 Å². The van der Waals surface area contributed by atoms with E-state index in [2.05, 4.69) is 17.6 Å². The number of amides is 1. The van der Waals surface area contributed by atoms with Gasteiger partial charge in [0.05, 0.1) is 0 Å². The highest BCUT2D eigenvalue weighted by atomic mass is 16.4. The molecule has 0 radical (unpaired) electrons. The number of hydrogen-bond donors (Lipinski definition) is 3. The van der Waals surface area contributed by atoms with Gasteiger partial charge < -0.3 is 15.7 Å². The first-order valence-corrected chi connectivity index (χ1v) is 4.45. The first-order valence-electron chi connectivity index (χ1n) is 4.45. The lowest BCUT2D eigenvalue weighted by molar-refractivity contribution is 0.184. The monoisotopic (exact) mass is 172 g/mol. The number of rotatable bonds is 2. The molecule has 1 saturated heterocycles. The van der Waals surface area contributed by atoms with E-state index in [1.54, 1.807) is 0 Å². The average Bonchev–Trinajstić information content (AvgIpc) is 2.03. The van der Waals surface area contributed by atoms with Crippen LogP contribution in [0.25, 0.3) is 0 Å². The predicted octanol–water partition coefficient (Wildman–Crippen LogP) is 0.785. The summed E-state index contributed by atoms with van der Waals surface area (Å²) in [5, 5.41) is 14.4. The van der Waals surface area contributed by atoms with Gasteiger partial charge in [0.15, 0.2) is 0 Å². The first kappa shape index (κ1) is 9.32. The molecule has 0 aromatic heterocycles. The van der Waals surface area contributed by atoms with Crippen LogP contribution in [0.2, 0.25) is 0 Å². The third-order valence-corrected chi connectivity index (χ3v) is 2.32. The zero-order chi connectivity index (χ0) is 8.97. The molecule has 0 saturated carbocycles. The van der Waals surface area contributed by atoms with Crippen LogP contribution in [0.4, 0.5) is 4.79 Å². The molecular formula is C8H16N2O2. The molecule has 12 heavy (non-hydrogen) atoms. The molecule has 1 fully saturated rings. The van der Waals surface area contributed by atoms with E-state index in [9.17, 15) is 4.79 Å². The van der Waals surface area contributed by atoms with E-state index in [4.69, 9.17) is 5.11 Å². The summed E-state index contributed by atoms with van der Waals surface area (Å²) in [4.78, 5) is 10.3. The van der Waals surface area contributed by atoms with E-state index in [-0.39, 0.29) is 6.04 Å². The highest BCUT2D eigenvalue weighted by Crippen LogP contribution is 2.10. The van der Waals surface area contributed by atoms with Gasteiger partial charge in [0.25, 0.3) is 0 Å². The summed E-state index contributed by atoms with van der Waals surface area (Å²) in [6.45, 7) is 3.03. The van der Waals surface area contributed by atoms with Gasteiger partial charge in [-0.2, -0.15) is 0 Å². The molecule has 0 unspecified atom stereocenters. The normalized spacial score (nSPS) is 29.8. The van der Waals surface area contributed by atoms with Crippen LogP contribution in [0.5, 0.6) is 0 Å². The maximum atomic E-state index is 10.3. The molecule has 1 rings (SSSR count). The van der Waals surface area contributed by atoms with Crippen molar-refractivity contribution in [1.82, 2.24) is 10.6 Å². The molecule has 70 valence electrons. The average molecular weight is 172 g/mol. The van der Waals surface area contributed by atoms with Crippen LogP contribution in [-0.2, 0) is 0 Å². The number of nitrogens with one attached hydrogen (secondary N) is 2. The van der Waals surface area contributed by atoms with Crippen molar-refractivity contribution in [1.29, 1.82) is 0 Å². The van der Waals surface area contributed by atoms with Crippen molar-refractivity contribution in [3.8, 4) is 0 Å². The summed E-state index contributed by atoms with van der Waals surface area (Å²) in [6, 6.07) is 0.629. The van der Waals surface area contributed by atoms with E-state index >= 15 is 0 Å². The second-order valence-corrected chi connectivity index (χ2v) is 3.23. The van der Waals surface area contributed by atoms with Crippen LogP contribution < -0.4 is 10.6 Å². The van der Waals surface area contributed by atoms with Crippen LogP contribution in [0.15, 0.2) is 0 Å². The standard InChI is InChI=1S/C8H16N2O2/c1-2-6-5-7(3-4-9-6)10-8(11)12/h6-7,9-10H,2-5H2,1H3,(H,11,12)/t6-,7-/m1/s1. The Bertz CT molecular complexity index is 161. The smallest absolute Gasteiger partial charge is 0.404 e. The molecule has 0 spiro atoms. The number of carbonyl (C=O) groups is 1. The van der Waals surface area contributed by atoms with Gasteiger partial charge in [-0.3, -0.25) is 0 Å². The van der Waals surface area contributed by atoms with E-state index in [1.807, 2.05) is 0 Å². The van der Waals surface area contributed by atoms with E-state index < -0.39 is 6.09 Å². The minimum absolute atomic E-state index is 0.147. The topological polar surface area (TPSA) is 61.4 Å². The van der Waals surface area contributed by atoms with E-state index in [0.717, 1.165) is 25.8 Å². The molecule has 1 aliphatic rings. The minimum atomic E-state index is -0.906. The Kier molecular flexibility index (Phi) is 3.34. The largest absolute Gasteiger partial charge is 0.465 e. The Balaban J connectivity index is 2.30. The van der Waals surface area contributed by atoms with Gasteiger partial charge in [-0.05, 0) is 25.8 Å². The molecule has 1 amide bonds. The second-order valence-electron chi connectivity index (χ2n) is 3.23. The Labute approximate surface area is 72.3 Å². The van der Waals surface area contributed by atoms with Crippen LogP contribution in [0.3, 0.4) is 0 Å². The van der Waals surface area contributed by atoms with Crippen LogP contribution in [0.1, 0.15) is 26.2 Å². The summed E-state index contributed by atoms with van der Waals surface area (Å²) in [7, 11) is 0. The molecule has 1 heterocycles. The van der Waals surface area contributed by atoms with Crippen molar-refractivity contribution in [2.24, 2.45) is 0 Å². The van der Waals surface area contributed by atoms with Crippen LogP contribution >= 0.6 is 0 Å². The van der Waals surface area contributed by atoms with Gasteiger partial charge >= 0.3 is 6.09 Å². The van der Waals surface area contributed by atoms with Gasteiger partial charge in [0.1, 0.15) is 0 Å². The highest BCUT2D eigenvalue weighted by Gasteiger charge is 2.20. The fourth-order valence-corrected chi connectivity index (χ4v) is 1.62. The Morgan fingerprint density at radius 1 is 1.75 bits per heavy atom. The lowest BCUT2D eigenvalue weighted by Crippen LogP contribution is -2.47. The fraction of sp³-hybridized carbons (Fsp3) is 0.875. The molecule has 3 N–H and O–H groups in total. The zero-order valence-corrected chi connectivity index (χ0v) is 7.34. The van der Waals surface area contributed by atoms with Crippen LogP contribution in [-0.4, -0.2) is 29.8 Å². The van der Waals surface area contributed by atoms with Crippen molar-refractivity contribution in [3.63, 3.8) is 0 Å². The molecule has 0 aromatic carbocycles. The van der Waals surface area contributed by atoms with Gasteiger partial charge in [-0.1, -0.05) is 6.92 Å². The van der Waals surface area contributed by atoms with Crippen molar-refractivity contribution < 1.29 is 9.90 Å². The predicted molar refractivity (Wildman–Crippen MR) is 46.3 cm³/mol. The zero-order valence-electron chi connectivity index (χ0n) is 7.34. The quantitative estimate of drug-likeness (QED) is 0.577. The lowest BCUT2D eigenvalue weighted by atomic mass is 9.98. The molecular weight excluding hydrogens is 156 g/mol. The van der Waals surface area contributed by atoms with Gasteiger partial charge in [-0.15, -0.1) is 0 Å². The summed E-state index contributed by atoms with van der Waals surface area (Å²) in [5.41, 5.74) is 0. The lowest BCUT2D eigenvalue weighted by Gasteiger charge is -2.29. The fourth-order valence-electron chi connectivity index (χ4n) is 1.62. The van der Waals surface area contributed by atoms with Crippen molar-refractivity contribution in [2.75, 3.05) is 6.54 Å². The third-order valence-electron chi connectivity index (χ3n) is 2.32. The van der Waals surface area contributed by atoms with Gasteiger partial charge in [0, 0.05) is 12.1 Å². The number of hydrogen-bond acceptors (Lipinski definition) is 2. The molecule has 4 nitrogen and oxygen atoms in total. The van der Waals surface area contributed by atoms with Gasteiger partial charge in [0.2, 0.25) is 0 Å².